The van der Waals surface area contributed by atoms with Gasteiger partial charge in [-0.05, 0) is 37.1 Å². The number of rotatable bonds is 7. The summed E-state index contributed by atoms with van der Waals surface area (Å²) in [6.07, 6.45) is 1.79. The van der Waals surface area contributed by atoms with Crippen LogP contribution in [0, 0.1) is 0 Å². The van der Waals surface area contributed by atoms with Crippen molar-refractivity contribution < 1.29 is 28.2 Å². The number of ether oxygens (including phenoxy) is 4. The average Bonchev–Trinajstić information content (AvgIpc) is 3.60. The number of amides is 1. The number of para-hydroxylation sites is 1. The van der Waals surface area contributed by atoms with Crippen molar-refractivity contribution in [2.75, 3.05) is 39.4 Å². The summed E-state index contributed by atoms with van der Waals surface area (Å²) >= 11 is 1.37. The molecule has 2 aromatic carbocycles. The van der Waals surface area contributed by atoms with Crippen molar-refractivity contribution in [3.05, 3.63) is 42.2 Å². The van der Waals surface area contributed by atoms with Gasteiger partial charge in [0.15, 0.2) is 22.2 Å². The van der Waals surface area contributed by atoms with Crippen molar-refractivity contribution in [2.24, 2.45) is 0 Å². The predicted octanol–water partition coefficient (Wildman–Crippen LogP) is 4.89. The number of thiazole rings is 1. The molecule has 1 saturated heterocycles. The second-order valence-electron chi connectivity index (χ2n) is 7.68. The average molecular weight is 469 g/mol. The summed E-state index contributed by atoms with van der Waals surface area (Å²) in [4.78, 5) is 20.1. The fourth-order valence-corrected chi connectivity index (χ4v) is 5.15. The fraction of sp³-hybridized carbons (Fsp3) is 0.333. The normalized spacial score (nSPS) is 15.8. The van der Waals surface area contributed by atoms with Crippen LogP contribution in [-0.4, -0.2) is 51.5 Å². The largest absolute Gasteiger partial charge is 0.495 e. The van der Waals surface area contributed by atoms with Gasteiger partial charge in [-0.1, -0.05) is 23.5 Å². The van der Waals surface area contributed by atoms with E-state index < -0.39 is 0 Å². The minimum Gasteiger partial charge on any atom is -0.495 e. The van der Waals surface area contributed by atoms with Crippen LogP contribution in [0.15, 0.2) is 40.8 Å². The highest BCUT2D eigenvalue weighted by Gasteiger charge is 2.30. The molecule has 1 amide bonds. The molecule has 33 heavy (non-hydrogen) atoms. The Balaban J connectivity index is 1.60. The van der Waals surface area contributed by atoms with Gasteiger partial charge in [0.25, 0.3) is 5.91 Å². The van der Waals surface area contributed by atoms with Crippen LogP contribution in [0.3, 0.4) is 0 Å². The molecule has 0 aliphatic carbocycles. The Labute approximate surface area is 194 Å². The van der Waals surface area contributed by atoms with Crippen LogP contribution in [0.1, 0.15) is 23.4 Å². The molecule has 0 saturated carbocycles. The van der Waals surface area contributed by atoms with Crippen molar-refractivity contribution in [3.63, 3.8) is 0 Å². The van der Waals surface area contributed by atoms with E-state index in [1.807, 2.05) is 24.3 Å². The molecule has 3 heterocycles. The maximum Gasteiger partial charge on any atom is 0.295 e. The third-order valence-corrected chi connectivity index (χ3v) is 6.82. The summed E-state index contributed by atoms with van der Waals surface area (Å²) in [6, 6.07) is 10.9. The smallest absolute Gasteiger partial charge is 0.295 e. The van der Waals surface area contributed by atoms with Gasteiger partial charge in [0.1, 0.15) is 21.7 Å². The van der Waals surface area contributed by atoms with E-state index in [2.05, 4.69) is 0 Å². The Bertz CT molecular complexity index is 1270. The Kier molecular flexibility index (Phi) is 5.82. The molecule has 1 aliphatic rings. The molecule has 0 radical (unpaired) electrons. The highest BCUT2D eigenvalue weighted by molar-refractivity contribution is 7.22. The minimum absolute atomic E-state index is 0.0660. The number of aromatic nitrogens is 1. The third-order valence-electron chi connectivity index (χ3n) is 5.72. The first-order chi connectivity index (χ1) is 16.1. The molecule has 0 N–H and O–H groups in total. The molecule has 1 atom stereocenters. The molecular formula is C24H24N2O6S. The number of fused-ring (bicyclic) bond motifs is 2. The number of carbonyl (C=O) groups excluding carboxylic acids is 1. The molecule has 1 fully saturated rings. The fourth-order valence-electron chi connectivity index (χ4n) is 4.07. The second-order valence-corrected chi connectivity index (χ2v) is 8.66. The van der Waals surface area contributed by atoms with E-state index in [-0.39, 0.29) is 17.8 Å². The number of anilines is 1. The van der Waals surface area contributed by atoms with E-state index in [0.29, 0.717) is 46.6 Å². The Morgan fingerprint density at radius 3 is 2.64 bits per heavy atom. The van der Waals surface area contributed by atoms with Crippen LogP contribution in [0.5, 0.6) is 17.2 Å². The zero-order chi connectivity index (χ0) is 22.9. The van der Waals surface area contributed by atoms with Crippen molar-refractivity contribution in [3.8, 4) is 17.2 Å². The number of benzene rings is 2. The summed E-state index contributed by atoms with van der Waals surface area (Å²) in [6.45, 7) is 1.06. The zero-order valence-electron chi connectivity index (χ0n) is 18.6. The Morgan fingerprint density at radius 2 is 1.91 bits per heavy atom. The Morgan fingerprint density at radius 1 is 1.12 bits per heavy atom. The van der Waals surface area contributed by atoms with Gasteiger partial charge in [0.2, 0.25) is 0 Å². The number of nitrogens with zero attached hydrogens (tertiary/aromatic N) is 2. The highest BCUT2D eigenvalue weighted by atomic mass is 32.1. The van der Waals surface area contributed by atoms with Gasteiger partial charge in [-0.15, -0.1) is 0 Å². The first-order valence-electron chi connectivity index (χ1n) is 10.6. The lowest BCUT2D eigenvalue weighted by Gasteiger charge is -2.22. The summed E-state index contributed by atoms with van der Waals surface area (Å²) in [7, 11) is 4.78. The van der Waals surface area contributed by atoms with E-state index in [4.69, 9.17) is 28.3 Å². The quantitative estimate of drug-likeness (QED) is 0.382. The van der Waals surface area contributed by atoms with Crippen molar-refractivity contribution >= 4 is 43.6 Å². The molecule has 1 unspecified atom stereocenters. The van der Waals surface area contributed by atoms with E-state index in [1.165, 1.54) is 11.3 Å². The molecule has 0 spiro atoms. The third kappa shape index (κ3) is 3.87. The van der Waals surface area contributed by atoms with Crippen molar-refractivity contribution in [1.29, 1.82) is 0 Å². The number of furan rings is 1. The van der Waals surface area contributed by atoms with Gasteiger partial charge in [-0.3, -0.25) is 9.69 Å². The van der Waals surface area contributed by atoms with Crippen molar-refractivity contribution in [2.45, 2.75) is 18.9 Å². The SMILES string of the molecule is COc1ccc(OC)c2sc(N(CC3CCCO3)C(=O)c3cc4cccc(OC)c4o3)nc12. The molecule has 9 heteroatoms. The second kappa shape index (κ2) is 8.92. The predicted molar refractivity (Wildman–Crippen MR) is 126 cm³/mol. The van der Waals surface area contributed by atoms with Gasteiger partial charge in [0.05, 0.1) is 34.0 Å². The molecule has 4 aromatic rings. The molecule has 0 bridgehead atoms. The molecule has 8 nitrogen and oxygen atoms in total. The number of hydrogen-bond donors (Lipinski definition) is 0. The van der Waals surface area contributed by atoms with E-state index in [1.54, 1.807) is 38.4 Å². The lowest BCUT2D eigenvalue weighted by atomic mass is 10.2. The summed E-state index contributed by atoms with van der Waals surface area (Å²) < 4.78 is 29.0. The Hall–Kier alpha value is -3.30. The highest BCUT2D eigenvalue weighted by Crippen LogP contribution is 2.41. The van der Waals surface area contributed by atoms with Crippen LogP contribution in [0.25, 0.3) is 21.2 Å². The summed E-state index contributed by atoms with van der Waals surface area (Å²) in [5, 5.41) is 1.32. The lowest BCUT2D eigenvalue weighted by Crippen LogP contribution is -2.37. The van der Waals surface area contributed by atoms with Crippen LogP contribution in [0.4, 0.5) is 5.13 Å². The molecule has 172 valence electrons. The first kappa shape index (κ1) is 21.5. The van der Waals surface area contributed by atoms with Crippen LogP contribution >= 0.6 is 11.3 Å². The molecule has 2 aromatic heterocycles. The monoisotopic (exact) mass is 468 g/mol. The maximum atomic E-state index is 13.7. The molecular weight excluding hydrogens is 444 g/mol. The molecule has 1 aliphatic heterocycles. The maximum absolute atomic E-state index is 13.7. The van der Waals surface area contributed by atoms with E-state index in [9.17, 15) is 4.79 Å². The minimum atomic E-state index is -0.291. The topological polar surface area (TPSA) is 83.3 Å². The summed E-state index contributed by atoms with van der Waals surface area (Å²) in [5.41, 5.74) is 1.18. The lowest BCUT2D eigenvalue weighted by molar-refractivity contribution is 0.0896. The first-order valence-corrected chi connectivity index (χ1v) is 11.5. The number of carbonyl (C=O) groups is 1. The van der Waals surface area contributed by atoms with Gasteiger partial charge in [-0.2, -0.15) is 0 Å². The standard InChI is InChI=1S/C24H24N2O6S/c1-28-16-9-10-18(30-3)22-20(16)25-24(33-22)26(13-15-7-5-11-31-15)23(27)19-12-14-6-4-8-17(29-2)21(14)32-19/h4,6,8-10,12,15H,5,7,11,13H2,1-3H3. The van der Waals surface area contributed by atoms with Gasteiger partial charge >= 0.3 is 0 Å². The zero-order valence-corrected chi connectivity index (χ0v) is 19.4. The van der Waals surface area contributed by atoms with Crippen LogP contribution in [-0.2, 0) is 4.74 Å². The number of hydrogen-bond acceptors (Lipinski definition) is 8. The summed E-state index contributed by atoms with van der Waals surface area (Å²) in [5.74, 6) is 1.79. The molecule has 5 rings (SSSR count). The van der Waals surface area contributed by atoms with Crippen molar-refractivity contribution in [1.82, 2.24) is 4.98 Å². The van der Waals surface area contributed by atoms with Crippen LogP contribution < -0.4 is 19.1 Å². The van der Waals surface area contributed by atoms with Crippen LogP contribution in [0.2, 0.25) is 0 Å². The van der Waals surface area contributed by atoms with E-state index >= 15 is 0 Å². The van der Waals surface area contributed by atoms with Gasteiger partial charge in [-0.25, -0.2) is 4.98 Å². The van der Waals surface area contributed by atoms with Gasteiger partial charge < -0.3 is 23.4 Å². The van der Waals surface area contributed by atoms with E-state index in [0.717, 1.165) is 22.9 Å². The van der Waals surface area contributed by atoms with Gasteiger partial charge in [0, 0.05) is 12.0 Å². The number of methoxy groups -OCH3 is 3.